The summed E-state index contributed by atoms with van der Waals surface area (Å²) >= 11 is 0. The van der Waals surface area contributed by atoms with Crippen molar-refractivity contribution in [3.63, 3.8) is 0 Å². The molecule has 0 radical (unpaired) electrons. The highest BCUT2D eigenvalue weighted by atomic mass is 16.4. The van der Waals surface area contributed by atoms with E-state index >= 15 is 0 Å². The number of aromatic nitrogens is 3. The van der Waals surface area contributed by atoms with Crippen LogP contribution in [-0.4, -0.2) is 60.9 Å². The molecule has 2 fully saturated rings. The maximum absolute atomic E-state index is 12.2. The second kappa shape index (κ2) is 4.30. The molecule has 1 aliphatic carbocycles. The number of hydrogen-bond acceptors (Lipinski definition) is 5. The summed E-state index contributed by atoms with van der Waals surface area (Å²) in [6.07, 6.45) is 1.29. The smallest absolute Gasteiger partial charge is 0.326 e. The maximum Gasteiger partial charge on any atom is 0.326 e. The van der Waals surface area contributed by atoms with Crippen LogP contribution in [-0.2, 0) is 4.79 Å². The first-order valence-corrected chi connectivity index (χ1v) is 6.20. The molecule has 1 aromatic heterocycles. The quantitative estimate of drug-likeness (QED) is 0.668. The lowest BCUT2D eigenvalue weighted by atomic mass is 10.2. The Kier molecular flexibility index (Phi) is 2.74. The highest BCUT2D eigenvalue weighted by Gasteiger charge is 2.40. The second-order valence-electron chi connectivity index (χ2n) is 5.02. The Morgan fingerprint density at radius 3 is 2.74 bits per heavy atom. The van der Waals surface area contributed by atoms with E-state index in [4.69, 9.17) is 5.11 Å². The number of H-pyrrole nitrogens is 1. The van der Waals surface area contributed by atoms with E-state index in [2.05, 4.69) is 15.2 Å². The molecule has 0 spiro atoms. The normalized spacial score (nSPS) is 26.7. The Balaban J connectivity index is 1.79. The number of carbonyl (C=O) groups excluding carboxylic acids is 1. The van der Waals surface area contributed by atoms with Crippen LogP contribution in [0, 0.1) is 0 Å². The van der Waals surface area contributed by atoms with Crippen molar-refractivity contribution in [3.05, 3.63) is 11.6 Å². The predicted octanol–water partition coefficient (Wildman–Crippen LogP) is -0.658. The van der Waals surface area contributed by atoms with Gasteiger partial charge in [-0.2, -0.15) is 0 Å². The molecule has 1 saturated carbocycles. The van der Waals surface area contributed by atoms with E-state index in [1.165, 1.54) is 0 Å². The van der Waals surface area contributed by atoms with E-state index in [1.54, 1.807) is 0 Å². The van der Waals surface area contributed by atoms with Crippen molar-refractivity contribution in [2.45, 2.75) is 37.3 Å². The lowest BCUT2D eigenvalue weighted by Crippen LogP contribution is -2.41. The van der Waals surface area contributed by atoms with Crippen LogP contribution in [0.15, 0.2) is 0 Å². The van der Waals surface area contributed by atoms with Crippen LogP contribution in [0.2, 0.25) is 0 Å². The molecule has 2 atom stereocenters. The van der Waals surface area contributed by atoms with Gasteiger partial charge in [0.2, 0.25) is 5.82 Å². The van der Waals surface area contributed by atoms with Gasteiger partial charge in [0.15, 0.2) is 0 Å². The van der Waals surface area contributed by atoms with Crippen molar-refractivity contribution >= 4 is 11.9 Å². The number of aliphatic carboxylic acids is 1. The van der Waals surface area contributed by atoms with Gasteiger partial charge in [-0.1, -0.05) is 0 Å². The number of nitrogens with one attached hydrogen (secondary N) is 1. The molecule has 1 aliphatic heterocycles. The SMILES string of the molecule is O=C(O)C1CC(O)CN1C(=O)c1n[nH]c(C2CC2)n1. The minimum atomic E-state index is -1.12. The Hall–Kier alpha value is -1.96. The summed E-state index contributed by atoms with van der Waals surface area (Å²) in [6.45, 7) is 0.00308. The Labute approximate surface area is 108 Å². The van der Waals surface area contributed by atoms with Gasteiger partial charge in [0, 0.05) is 18.9 Å². The molecule has 2 heterocycles. The van der Waals surface area contributed by atoms with Crippen LogP contribution >= 0.6 is 0 Å². The molecule has 19 heavy (non-hydrogen) atoms. The van der Waals surface area contributed by atoms with Gasteiger partial charge in [0.1, 0.15) is 11.9 Å². The van der Waals surface area contributed by atoms with Crippen LogP contribution < -0.4 is 0 Å². The highest BCUT2D eigenvalue weighted by molar-refractivity contribution is 5.94. The number of amides is 1. The van der Waals surface area contributed by atoms with E-state index < -0.39 is 24.0 Å². The molecule has 2 unspecified atom stereocenters. The van der Waals surface area contributed by atoms with Gasteiger partial charge in [-0.15, -0.1) is 5.10 Å². The van der Waals surface area contributed by atoms with Crippen molar-refractivity contribution in [2.75, 3.05) is 6.54 Å². The lowest BCUT2D eigenvalue weighted by Gasteiger charge is -2.19. The summed E-state index contributed by atoms with van der Waals surface area (Å²) in [4.78, 5) is 28.5. The summed E-state index contributed by atoms with van der Waals surface area (Å²) in [5, 5.41) is 25.1. The molecule has 8 nitrogen and oxygen atoms in total. The largest absolute Gasteiger partial charge is 0.480 e. The molecule has 102 valence electrons. The number of hydrogen-bond donors (Lipinski definition) is 3. The molecule has 8 heteroatoms. The van der Waals surface area contributed by atoms with E-state index in [0.29, 0.717) is 11.7 Å². The van der Waals surface area contributed by atoms with Crippen LogP contribution in [0.25, 0.3) is 0 Å². The van der Waals surface area contributed by atoms with Gasteiger partial charge >= 0.3 is 5.97 Å². The summed E-state index contributed by atoms with van der Waals surface area (Å²) in [5.74, 6) is -0.680. The summed E-state index contributed by atoms with van der Waals surface area (Å²) in [6, 6.07) is -1.01. The number of aliphatic hydroxyl groups is 1. The average molecular weight is 266 g/mol. The fraction of sp³-hybridized carbons (Fsp3) is 0.636. The van der Waals surface area contributed by atoms with E-state index in [9.17, 15) is 14.7 Å². The predicted molar refractivity (Wildman–Crippen MR) is 61.4 cm³/mol. The van der Waals surface area contributed by atoms with Crippen molar-refractivity contribution in [2.24, 2.45) is 0 Å². The number of likely N-dealkylation sites (tertiary alicyclic amines) is 1. The van der Waals surface area contributed by atoms with Gasteiger partial charge in [0.05, 0.1) is 6.10 Å². The van der Waals surface area contributed by atoms with Gasteiger partial charge in [-0.05, 0) is 12.8 Å². The van der Waals surface area contributed by atoms with Crippen LogP contribution in [0.4, 0.5) is 0 Å². The number of aliphatic hydroxyl groups excluding tert-OH is 1. The third-order valence-corrected chi connectivity index (χ3v) is 3.48. The topological polar surface area (TPSA) is 119 Å². The van der Waals surface area contributed by atoms with E-state index in [1.807, 2.05) is 0 Å². The number of nitrogens with zero attached hydrogens (tertiary/aromatic N) is 3. The van der Waals surface area contributed by atoms with Gasteiger partial charge in [-0.3, -0.25) is 9.89 Å². The molecule has 0 bridgehead atoms. The molecule has 3 rings (SSSR count). The molecule has 1 amide bonds. The van der Waals surface area contributed by atoms with Crippen LogP contribution in [0.3, 0.4) is 0 Å². The molecule has 0 aromatic carbocycles. The van der Waals surface area contributed by atoms with Crippen molar-refractivity contribution in [1.82, 2.24) is 20.1 Å². The first-order valence-electron chi connectivity index (χ1n) is 6.20. The van der Waals surface area contributed by atoms with E-state index in [-0.39, 0.29) is 18.8 Å². The zero-order valence-electron chi connectivity index (χ0n) is 10.1. The van der Waals surface area contributed by atoms with E-state index in [0.717, 1.165) is 17.7 Å². The number of rotatable bonds is 3. The minimum absolute atomic E-state index is 0.00308. The number of carboxylic acids is 1. The lowest BCUT2D eigenvalue weighted by molar-refractivity contribution is -0.141. The first-order chi connectivity index (χ1) is 9.06. The fourth-order valence-electron chi connectivity index (χ4n) is 2.31. The van der Waals surface area contributed by atoms with Crippen molar-refractivity contribution < 1.29 is 19.8 Å². The fourth-order valence-corrected chi connectivity index (χ4v) is 2.31. The highest BCUT2D eigenvalue weighted by Crippen LogP contribution is 2.37. The molecule has 1 saturated heterocycles. The first kappa shape index (κ1) is 12.1. The van der Waals surface area contributed by atoms with Crippen LogP contribution in [0.1, 0.15) is 41.6 Å². The summed E-state index contributed by atoms with van der Waals surface area (Å²) in [7, 11) is 0. The zero-order valence-corrected chi connectivity index (χ0v) is 10.1. The third-order valence-electron chi connectivity index (χ3n) is 3.48. The molecule has 1 aromatic rings. The Morgan fingerprint density at radius 1 is 1.37 bits per heavy atom. The molecule has 2 aliphatic rings. The second-order valence-corrected chi connectivity index (χ2v) is 5.02. The van der Waals surface area contributed by atoms with Crippen LogP contribution in [0.5, 0.6) is 0 Å². The van der Waals surface area contributed by atoms with Gasteiger partial charge in [-0.25, -0.2) is 9.78 Å². The summed E-state index contributed by atoms with van der Waals surface area (Å²) in [5.41, 5.74) is 0. The standard InChI is InChI=1S/C11H14N4O4/c16-6-3-7(11(18)19)15(4-6)10(17)9-12-8(13-14-9)5-1-2-5/h5-7,16H,1-4H2,(H,18,19)(H,12,13,14). The van der Waals surface area contributed by atoms with Crippen molar-refractivity contribution in [3.8, 4) is 0 Å². The molecular formula is C11H14N4O4. The zero-order chi connectivity index (χ0) is 13.6. The van der Waals surface area contributed by atoms with Gasteiger partial charge in [0.25, 0.3) is 5.91 Å². The molecular weight excluding hydrogens is 252 g/mol. The number of aromatic amines is 1. The minimum Gasteiger partial charge on any atom is -0.480 e. The Morgan fingerprint density at radius 2 is 2.11 bits per heavy atom. The average Bonchev–Trinajstić information content (AvgIpc) is 2.96. The number of β-amino-alcohol motifs (C(OH)–C–C–N with tert-alkyl or cyclic N) is 1. The summed E-state index contributed by atoms with van der Waals surface area (Å²) < 4.78 is 0. The van der Waals surface area contributed by atoms with Gasteiger partial charge < -0.3 is 15.1 Å². The Bertz CT molecular complexity index is 525. The number of carboxylic acid groups (broad SMARTS) is 1. The third kappa shape index (κ3) is 2.19. The number of carbonyl (C=O) groups is 2. The van der Waals surface area contributed by atoms with Crippen molar-refractivity contribution in [1.29, 1.82) is 0 Å². The monoisotopic (exact) mass is 266 g/mol. The molecule has 3 N–H and O–H groups in total. The maximum atomic E-state index is 12.2.